The van der Waals surface area contributed by atoms with E-state index in [2.05, 4.69) is 15.1 Å². The molecule has 0 unspecified atom stereocenters. The molecule has 0 saturated carbocycles. The summed E-state index contributed by atoms with van der Waals surface area (Å²) in [6.45, 7) is 1.09. The van der Waals surface area contributed by atoms with Crippen molar-refractivity contribution in [3.63, 3.8) is 0 Å². The number of aliphatic hydroxyl groups is 1. The van der Waals surface area contributed by atoms with Crippen molar-refractivity contribution in [1.29, 1.82) is 0 Å². The number of ether oxygens (including phenoxy) is 1. The van der Waals surface area contributed by atoms with E-state index in [1.54, 1.807) is 47.9 Å². The summed E-state index contributed by atoms with van der Waals surface area (Å²) in [4.78, 5) is 20.9. The minimum absolute atomic E-state index is 0.00172. The van der Waals surface area contributed by atoms with Crippen molar-refractivity contribution in [2.24, 2.45) is 0 Å². The van der Waals surface area contributed by atoms with Crippen LogP contribution in [0.15, 0.2) is 53.5 Å². The van der Waals surface area contributed by atoms with Crippen LogP contribution in [0.3, 0.4) is 0 Å². The predicted octanol–water partition coefficient (Wildman–Crippen LogP) is 3.83. The number of aryl methyl sites for hydroxylation is 1. The summed E-state index contributed by atoms with van der Waals surface area (Å²) in [7, 11) is 1.46. The summed E-state index contributed by atoms with van der Waals surface area (Å²) >= 11 is 0. The molecule has 4 heterocycles. The van der Waals surface area contributed by atoms with Crippen LogP contribution in [0.1, 0.15) is 17.1 Å². The molecule has 2 N–H and O–H groups in total. The molecule has 1 aromatic carbocycles. The number of fused-ring (bicyclic) bond motifs is 2. The van der Waals surface area contributed by atoms with Crippen molar-refractivity contribution in [1.82, 2.24) is 24.0 Å². The molecule has 0 aliphatic rings. The maximum atomic E-state index is 13.9. The van der Waals surface area contributed by atoms with Gasteiger partial charge in [0.25, 0.3) is 5.56 Å². The first-order chi connectivity index (χ1) is 16.3. The number of rotatable bonds is 4. The standard InChI is InChI=1S/C23H18F3N5O3/c1-12-16(18-14(11-32)30-10-6-9-15(34-2)20(30)28-18)22(33)31-21(27-12)17(13-7-4-3-5-8-13)19(29-31)23(24,25)26/h3-10,27,32H,11H2,1-2H3. The van der Waals surface area contributed by atoms with Crippen LogP contribution < -0.4 is 10.3 Å². The number of nitrogens with zero attached hydrogens (tertiary/aromatic N) is 4. The molecular formula is C23H18F3N5O3. The van der Waals surface area contributed by atoms with E-state index < -0.39 is 24.0 Å². The van der Waals surface area contributed by atoms with E-state index in [0.717, 1.165) is 0 Å². The van der Waals surface area contributed by atoms with Crippen LogP contribution >= 0.6 is 0 Å². The molecule has 4 aromatic heterocycles. The molecule has 0 aliphatic heterocycles. The quantitative estimate of drug-likeness (QED) is 0.417. The number of pyridine rings is 1. The van der Waals surface area contributed by atoms with Crippen LogP contribution in [0.25, 0.3) is 33.7 Å². The Labute approximate surface area is 189 Å². The molecule has 0 radical (unpaired) electrons. The van der Waals surface area contributed by atoms with Gasteiger partial charge in [0.1, 0.15) is 11.3 Å². The van der Waals surface area contributed by atoms with E-state index in [-0.39, 0.29) is 39.4 Å². The molecule has 0 saturated heterocycles. The highest BCUT2D eigenvalue weighted by Gasteiger charge is 2.39. The Morgan fingerprint density at radius 3 is 2.50 bits per heavy atom. The van der Waals surface area contributed by atoms with Gasteiger partial charge in [-0.2, -0.15) is 22.8 Å². The summed E-state index contributed by atoms with van der Waals surface area (Å²) in [5, 5.41) is 13.7. The molecule has 11 heteroatoms. The minimum atomic E-state index is -4.79. The van der Waals surface area contributed by atoms with Gasteiger partial charge in [0.2, 0.25) is 0 Å². The zero-order valence-electron chi connectivity index (χ0n) is 18.0. The average molecular weight is 469 g/mol. The number of methoxy groups -OCH3 is 1. The van der Waals surface area contributed by atoms with E-state index in [1.165, 1.54) is 19.2 Å². The van der Waals surface area contributed by atoms with Crippen LogP contribution in [-0.2, 0) is 12.8 Å². The topological polar surface area (TPSA) is 96.9 Å². The second-order valence-corrected chi connectivity index (χ2v) is 7.61. The number of aromatic amines is 1. The number of hydrogen-bond acceptors (Lipinski definition) is 5. The average Bonchev–Trinajstić information content (AvgIpc) is 3.38. The normalized spacial score (nSPS) is 12.1. The molecule has 0 spiro atoms. The lowest BCUT2D eigenvalue weighted by atomic mass is 10.1. The van der Waals surface area contributed by atoms with Crippen molar-refractivity contribution < 1.29 is 23.0 Å². The highest BCUT2D eigenvalue weighted by atomic mass is 19.4. The van der Waals surface area contributed by atoms with Gasteiger partial charge in [-0.25, -0.2) is 4.98 Å². The highest BCUT2D eigenvalue weighted by Crippen LogP contribution is 2.38. The lowest BCUT2D eigenvalue weighted by molar-refractivity contribution is -0.140. The first-order valence-electron chi connectivity index (χ1n) is 10.2. The summed E-state index contributed by atoms with van der Waals surface area (Å²) < 4.78 is 49.3. The Bertz CT molecular complexity index is 1600. The third-order valence-electron chi connectivity index (χ3n) is 5.62. The van der Waals surface area contributed by atoms with E-state index in [0.29, 0.717) is 15.9 Å². The fourth-order valence-electron chi connectivity index (χ4n) is 4.14. The molecule has 34 heavy (non-hydrogen) atoms. The van der Waals surface area contributed by atoms with Gasteiger partial charge in [0.15, 0.2) is 17.1 Å². The van der Waals surface area contributed by atoms with Gasteiger partial charge in [0.05, 0.1) is 30.5 Å². The molecule has 0 fully saturated rings. The zero-order chi connectivity index (χ0) is 24.2. The van der Waals surface area contributed by atoms with Crippen molar-refractivity contribution in [3.8, 4) is 28.1 Å². The maximum absolute atomic E-state index is 13.9. The molecule has 0 atom stereocenters. The molecule has 5 aromatic rings. The van der Waals surface area contributed by atoms with Crippen LogP contribution in [0.4, 0.5) is 13.2 Å². The number of aromatic nitrogens is 5. The Balaban J connectivity index is 1.87. The Hall–Kier alpha value is -4.12. The van der Waals surface area contributed by atoms with Gasteiger partial charge in [0, 0.05) is 11.9 Å². The largest absolute Gasteiger partial charge is 0.493 e. The van der Waals surface area contributed by atoms with Crippen LogP contribution in [0.5, 0.6) is 5.75 Å². The summed E-state index contributed by atoms with van der Waals surface area (Å²) in [6, 6.07) is 11.3. The minimum Gasteiger partial charge on any atom is -0.493 e. The van der Waals surface area contributed by atoms with Gasteiger partial charge in [-0.05, 0) is 24.6 Å². The number of imidazole rings is 1. The number of benzene rings is 1. The predicted molar refractivity (Wildman–Crippen MR) is 118 cm³/mol. The number of aliphatic hydroxyl groups excluding tert-OH is 1. The Kier molecular flexibility index (Phi) is 4.94. The summed E-state index contributed by atoms with van der Waals surface area (Å²) in [5.41, 5.74) is -0.982. The van der Waals surface area contributed by atoms with E-state index in [1.807, 2.05) is 0 Å². The van der Waals surface area contributed by atoms with Crippen molar-refractivity contribution >= 4 is 11.3 Å². The summed E-state index contributed by atoms with van der Waals surface area (Å²) in [6.07, 6.45) is -3.15. The number of alkyl halides is 3. The third-order valence-corrected chi connectivity index (χ3v) is 5.62. The second-order valence-electron chi connectivity index (χ2n) is 7.61. The molecule has 0 amide bonds. The van der Waals surface area contributed by atoms with Gasteiger partial charge in [-0.15, -0.1) is 0 Å². The van der Waals surface area contributed by atoms with Gasteiger partial charge < -0.3 is 14.8 Å². The van der Waals surface area contributed by atoms with Crippen molar-refractivity contribution in [3.05, 3.63) is 76.1 Å². The molecule has 0 aliphatic carbocycles. The van der Waals surface area contributed by atoms with Crippen molar-refractivity contribution in [2.75, 3.05) is 7.11 Å². The number of halogens is 3. The first kappa shape index (κ1) is 21.7. The van der Waals surface area contributed by atoms with E-state index >= 15 is 0 Å². The first-order valence-corrected chi connectivity index (χ1v) is 10.2. The molecule has 8 nitrogen and oxygen atoms in total. The Morgan fingerprint density at radius 1 is 1.12 bits per heavy atom. The van der Waals surface area contributed by atoms with E-state index in [4.69, 9.17) is 4.74 Å². The fraction of sp³-hybridized carbons (Fsp3) is 0.174. The number of H-pyrrole nitrogens is 1. The van der Waals surface area contributed by atoms with Gasteiger partial charge >= 0.3 is 6.18 Å². The van der Waals surface area contributed by atoms with Crippen molar-refractivity contribution in [2.45, 2.75) is 19.7 Å². The fourth-order valence-corrected chi connectivity index (χ4v) is 4.14. The van der Waals surface area contributed by atoms with Gasteiger partial charge in [-0.3, -0.25) is 9.20 Å². The number of nitrogens with one attached hydrogen (secondary N) is 1. The van der Waals surface area contributed by atoms with Crippen LogP contribution in [-0.4, -0.2) is 36.2 Å². The Morgan fingerprint density at radius 2 is 1.85 bits per heavy atom. The van der Waals surface area contributed by atoms with Crippen LogP contribution in [0, 0.1) is 6.92 Å². The second kappa shape index (κ2) is 7.73. The molecule has 174 valence electrons. The summed E-state index contributed by atoms with van der Waals surface area (Å²) in [5.74, 6) is 0.406. The molecule has 0 bridgehead atoms. The van der Waals surface area contributed by atoms with Gasteiger partial charge in [-0.1, -0.05) is 30.3 Å². The zero-order valence-corrected chi connectivity index (χ0v) is 18.0. The lowest BCUT2D eigenvalue weighted by Gasteiger charge is -2.08. The van der Waals surface area contributed by atoms with E-state index in [9.17, 15) is 23.1 Å². The molecular weight excluding hydrogens is 451 g/mol. The van der Waals surface area contributed by atoms with Crippen LogP contribution in [0.2, 0.25) is 0 Å². The maximum Gasteiger partial charge on any atom is 0.435 e. The SMILES string of the molecule is COc1cccn2c(CO)c(-c3c(C)[nH]c4c(-c5ccccc5)c(C(F)(F)F)nn4c3=O)nc12. The molecule has 5 rings (SSSR count). The third kappa shape index (κ3) is 3.16. The number of hydrogen-bond donors (Lipinski definition) is 2. The highest BCUT2D eigenvalue weighted by molar-refractivity contribution is 5.82. The smallest absolute Gasteiger partial charge is 0.435 e. The monoisotopic (exact) mass is 469 g/mol. The lowest BCUT2D eigenvalue weighted by Crippen LogP contribution is -2.20.